The maximum Gasteiger partial charge on any atom is 0.0950 e. The average molecular weight is 249 g/mol. The van der Waals surface area contributed by atoms with Crippen molar-refractivity contribution in [2.24, 2.45) is 11.8 Å². The Morgan fingerprint density at radius 1 is 1.06 bits per heavy atom. The lowest BCUT2D eigenvalue weighted by molar-refractivity contribution is 0.0511. The Balaban J connectivity index is 1.81. The molecule has 102 valence electrons. The van der Waals surface area contributed by atoms with Gasteiger partial charge in [0.1, 0.15) is 0 Å². The van der Waals surface area contributed by atoms with E-state index in [0.29, 0.717) is 0 Å². The highest BCUT2D eigenvalue weighted by Gasteiger charge is 2.31. The minimum Gasteiger partial charge on any atom is -0.298 e. The molecule has 3 nitrogen and oxygen atoms in total. The van der Waals surface area contributed by atoms with Crippen LogP contribution in [0.25, 0.3) is 0 Å². The first-order valence-electron chi connectivity index (χ1n) is 7.49. The summed E-state index contributed by atoms with van der Waals surface area (Å²) in [4.78, 5) is 4.98. The van der Waals surface area contributed by atoms with Gasteiger partial charge >= 0.3 is 0 Å². The van der Waals surface area contributed by atoms with E-state index in [0.717, 1.165) is 44.1 Å². The van der Waals surface area contributed by atoms with Gasteiger partial charge in [-0.1, -0.05) is 13.8 Å². The van der Waals surface area contributed by atoms with E-state index in [4.69, 9.17) is 5.26 Å². The summed E-state index contributed by atoms with van der Waals surface area (Å²) in [6.45, 7) is 11.2. The fraction of sp³-hybridized carbons (Fsp3) is 0.933. The van der Waals surface area contributed by atoms with Crippen molar-refractivity contribution in [3.63, 3.8) is 0 Å². The Morgan fingerprint density at radius 3 is 2.28 bits per heavy atom. The molecule has 0 N–H and O–H groups in total. The van der Waals surface area contributed by atoms with E-state index in [1.54, 1.807) is 0 Å². The molecule has 18 heavy (non-hydrogen) atoms. The lowest BCUT2D eigenvalue weighted by Crippen LogP contribution is -2.53. The van der Waals surface area contributed by atoms with E-state index in [9.17, 15) is 0 Å². The molecule has 1 heterocycles. The van der Waals surface area contributed by atoms with Gasteiger partial charge in [-0.15, -0.1) is 0 Å². The van der Waals surface area contributed by atoms with E-state index in [-0.39, 0.29) is 6.04 Å². The Kier molecular flexibility index (Phi) is 4.64. The minimum atomic E-state index is 0.0810. The molecule has 4 unspecified atom stereocenters. The summed E-state index contributed by atoms with van der Waals surface area (Å²) in [6.07, 6.45) is 4.13. The molecule has 0 spiro atoms. The van der Waals surface area contributed by atoms with Crippen molar-refractivity contribution in [3.8, 4) is 6.07 Å². The van der Waals surface area contributed by atoms with Crippen LogP contribution in [0.15, 0.2) is 0 Å². The molecular weight excluding hydrogens is 222 g/mol. The summed E-state index contributed by atoms with van der Waals surface area (Å²) < 4.78 is 0. The van der Waals surface area contributed by atoms with Crippen LogP contribution in [0.5, 0.6) is 0 Å². The third-order valence-corrected chi connectivity index (χ3v) is 5.17. The summed E-state index contributed by atoms with van der Waals surface area (Å²) in [6, 6.07) is 3.23. The summed E-state index contributed by atoms with van der Waals surface area (Å²) in [5.74, 6) is 1.78. The van der Waals surface area contributed by atoms with E-state index in [1.807, 2.05) is 6.92 Å². The van der Waals surface area contributed by atoms with Gasteiger partial charge in [0, 0.05) is 32.2 Å². The van der Waals surface area contributed by atoms with E-state index in [1.165, 1.54) is 19.3 Å². The summed E-state index contributed by atoms with van der Waals surface area (Å²) >= 11 is 0. The molecule has 2 aliphatic rings. The van der Waals surface area contributed by atoms with Gasteiger partial charge in [0.25, 0.3) is 0 Å². The first kappa shape index (κ1) is 13.8. The third kappa shape index (κ3) is 3.05. The van der Waals surface area contributed by atoms with E-state index in [2.05, 4.69) is 29.7 Å². The second-order valence-electron chi connectivity index (χ2n) is 6.30. The fourth-order valence-corrected chi connectivity index (χ4v) is 3.42. The Hall–Kier alpha value is -0.590. The smallest absolute Gasteiger partial charge is 0.0950 e. The van der Waals surface area contributed by atoms with Crippen molar-refractivity contribution >= 4 is 0 Å². The minimum absolute atomic E-state index is 0.0810. The number of hydrogen-bond acceptors (Lipinski definition) is 3. The van der Waals surface area contributed by atoms with Gasteiger partial charge in [-0.05, 0) is 38.0 Å². The molecule has 1 aliphatic carbocycles. The molecule has 2 fully saturated rings. The van der Waals surface area contributed by atoms with Gasteiger partial charge in [-0.3, -0.25) is 9.80 Å². The maximum absolute atomic E-state index is 8.96. The van der Waals surface area contributed by atoms with Gasteiger partial charge in [-0.2, -0.15) is 5.26 Å². The Bertz CT molecular complexity index is 301. The van der Waals surface area contributed by atoms with Crippen LogP contribution in [0, 0.1) is 23.2 Å². The van der Waals surface area contributed by atoms with Gasteiger partial charge < -0.3 is 0 Å². The van der Waals surface area contributed by atoms with Crippen LogP contribution in [0.3, 0.4) is 0 Å². The molecule has 1 saturated heterocycles. The highest BCUT2D eigenvalue weighted by atomic mass is 15.3. The summed E-state index contributed by atoms with van der Waals surface area (Å²) in [5, 5.41) is 8.96. The molecule has 3 heteroatoms. The first-order chi connectivity index (χ1) is 8.61. The zero-order valence-electron chi connectivity index (χ0n) is 12.1. The van der Waals surface area contributed by atoms with Crippen molar-refractivity contribution in [1.82, 2.24) is 9.80 Å². The molecule has 2 rings (SSSR count). The molecule has 0 aromatic heterocycles. The second-order valence-corrected chi connectivity index (χ2v) is 6.30. The molecule has 1 saturated carbocycles. The molecule has 0 radical (unpaired) electrons. The Labute approximate surface area is 112 Å². The van der Waals surface area contributed by atoms with Crippen molar-refractivity contribution in [2.75, 3.05) is 26.2 Å². The van der Waals surface area contributed by atoms with Crippen LogP contribution >= 0.6 is 0 Å². The number of rotatable bonds is 2. The van der Waals surface area contributed by atoms with Crippen molar-refractivity contribution in [1.29, 1.82) is 5.26 Å². The molecule has 0 bridgehead atoms. The largest absolute Gasteiger partial charge is 0.298 e. The molecule has 0 aromatic carbocycles. The van der Waals surface area contributed by atoms with Crippen LogP contribution in [-0.2, 0) is 0 Å². The number of nitrogens with zero attached hydrogens (tertiary/aromatic N) is 3. The van der Waals surface area contributed by atoms with Gasteiger partial charge in [-0.25, -0.2) is 0 Å². The quantitative estimate of drug-likeness (QED) is 0.752. The van der Waals surface area contributed by atoms with E-state index < -0.39 is 0 Å². The topological polar surface area (TPSA) is 30.3 Å². The zero-order chi connectivity index (χ0) is 13.1. The lowest BCUT2D eigenvalue weighted by Gasteiger charge is -2.43. The van der Waals surface area contributed by atoms with Gasteiger partial charge in [0.05, 0.1) is 12.1 Å². The molecular formula is C15H27N3. The predicted molar refractivity (Wildman–Crippen MR) is 74.2 cm³/mol. The van der Waals surface area contributed by atoms with Gasteiger partial charge in [0.15, 0.2) is 0 Å². The van der Waals surface area contributed by atoms with E-state index >= 15 is 0 Å². The maximum atomic E-state index is 8.96. The molecule has 4 atom stereocenters. The molecule has 1 aliphatic heterocycles. The van der Waals surface area contributed by atoms with Crippen LogP contribution in [0.2, 0.25) is 0 Å². The summed E-state index contributed by atoms with van der Waals surface area (Å²) in [5.41, 5.74) is 0. The van der Waals surface area contributed by atoms with Crippen molar-refractivity contribution < 1.29 is 0 Å². The molecule has 0 aromatic rings. The van der Waals surface area contributed by atoms with Crippen LogP contribution in [-0.4, -0.2) is 48.1 Å². The zero-order valence-corrected chi connectivity index (χ0v) is 12.1. The normalized spacial score (nSPS) is 37.1. The van der Waals surface area contributed by atoms with Crippen molar-refractivity contribution in [2.45, 2.75) is 52.1 Å². The number of nitriles is 1. The SMILES string of the molecule is CC1CCC(N2CCN(C(C)C#N)CC2)CC1C. The highest BCUT2D eigenvalue weighted by molar-refractivity contribution is 4.92. The fourth-order valence-electron chi connectivity index (χ4n) is 3.42. The highest BCUT2D eigenvalue weighted by Crippen LogP contribution is 2.32. The molecule has 0 amide bonds. The van der Waals surface area contributed by atoms with Gasteiger partial charge in [0.2, 0.25) is 0 Å². The monoisotopic (exact) mass is 249 g/mol. The lowest BCUT2D eigenvalue weighted by atomic mass is 9.78. The predicted octanol–water partition coefficient (Wildman–Crippen LogP) is 2.34. The summed E-state index contributed by atoms with van der Waals surface area (Å²) in [7, 11) is 0. The number of hydrogen-bond donors (Lipinski definition) is 0. The van der Waals surface area contributed by atoms with Crippen LogP contribution < -0.4 is 0 Å². The average Bonchev–Trinajstić information content (AvgIpc) is 2.41. The Morgan fingerprint density at radius 2 is 1.72 bits per heavy atom. The van der Waals surface area contributed by atoms with Crippen LogP contribution in [0.1, 0.15) is 40.0 Å². The van der Waals surface area contributed by atoms with Crippen molar-refractivity contribution in [3.05, 3.63) is 0 Å². The third-order valence-electron chi connectivity index (χ3n) is 5.17. The standard InChI is InChI=1S/C15H27N3/c1-12-4-5-15(10-13(12)2)18-8-6-17(7-9-18)14(3)11-16/h12-15H,4-10H2,1-3H3. The first-order valence-corrected chi connectivity index (χ1v) is 7.49. The van der Waals surface area contributed by atoms with Crippen LogP contribution in [0.4, 0.5) is 0 Å². The second kappa shape index (κ2) is 6.04. The number of piperazine rings is 1.